The van der Waals surface area contributed by atoms with Crippen molar-refractivity contribution in [1.29, 1.82) is 0 Å². The van der Waals surface area contributed by atoms with Crippen LogP contribution in [-0.2, 0) is 31.0 Å². The van der Waals surface area contributed by atoms with Gasteiger partial charge < -0.3 is 10.6 Å². The summed E-state index contributed by atoms with van der Waals surface area (Å²) >= 11 is 0. The Labute approximate surface area is 162 Å². The molecule has 0 spiro atoms. The third-order valence-corrected chi connectivity index (χ3v) is 4.94. The average Bonchev–Trinajstić information content (AvgIpc) is 2.97. The number of para-hydroxylation sites is 1. The van der Waals surface area contributed by atoms with E-state index in [1.165, 1.54) is 0 Å². The number of nitrogens with zero attached hydrogens (tertiary/aromatic N) is 4. The maximum absolute atomic E-state index is 12.4. The Balaban J connectivity index is 1.27. The highest BCUT2D eigenvalue weighted by Gasteiger charge is 2.11. The third-order valence-electron chi connectivity index (χ3n) is 4.94. The molecule has 8 heteroatoms. The van der Waals surface area contributed by atoms with Gasteiger partial charge in [-0.1, -0.05) is 12.1 Å². The van der Waals surface area contributed by atoms with E-state index >= 15 is 0 Å². The van der Waals surface area contributed by atoms with Gasteiger partial charge in [0.1, 0.15) is 0 Å². The fraction of sp³-hybridized carbons (Fsp3) is 0.400. The smallest absolute Gasteiger partial charge is 0.261 e. The predicted octanol–water partition coefficient (Wildman–Crippen LogP) is 1.18. The number of aryl methyl sites for hydroxylation is 2. The molecule has 0 bridgehead atoms. The van der Waals surface area contributed by atoms with Gasteiger partial charge in [-0.05, 0) is 37.6 Å². The van der Waals surface area contributed by atoms with Crippen LogP contribution in [0.25, 0.3) is 10.9 Å². The second-order valence-corrected chi connectivity index (χ2v) is 7.02. The molecule has 4 rings (SSSR count). The molecule has 1 aromatic carbocycles. The van der Waals surface area contributed by atoms with Crippen LogP contribution >= 0.6 is 0 Å². The lowest BCUT2D eigenvalue weighted by molar-refractivity contribution is -0.121. The minimum absolute atomic E-state index is 0.0388. The third kappa shape index (κ3) is 4.12. The zero-order valence-electron chi connectivity index (χ0n) is 15.7. The van der Waals surface area contributed by atoms with Crippen LogP contribution in [0.4, 0.5) is 0 Å². The Morgan fingerprint density at radius 2 is 2.18 bits per heavy atom. The molecule has 2 N–H and O–H groups in total. The normalized spacial score (nSPS) is 13.9. The minimum atomic E-state index is -0.0703. The van der Waals surface area contributed by atoms with Crippen molar-refractivity contribution in [3.05, 3.63) is 58.4 Å². The quantitative estimate of drug-likeness (QED) is 0.670. The van der Waals surface area contributed by atoms with Gasteiger partial charge in [0.05, 0.1) is 35.2 Å². The number of hydrogen-bond donors (Lipinski definition) is 2. The van der Waals surface area contributed by atoms with Gasteiger partial charge in [0.25, 0.3) is 5.56 Å². The number of carbonyl (C=O) groups is 1. The van der Waals surface area contributed by atoms with E-state index in [4.69, 9.17) is 0 Å². The molecule has 0 radical (unpaired) electrons. The van der Waals surface area contributed by atoms with Gasteiger partial charge >= 0.3 is 0 Å². The van der Waals surface area contributed by atoms with E-state index in [1.807, 2.05) is 28.9 Å². The number of rotatable bonds is 6. The van der Waals surface area contributed by atoms with Crippen molar-refractivity contribution in [2.24, 2.45) is 0 Å². The largest absolute Gasteiger partial charge is 0.350 e. The molecule has 28 heavy (non-hydrogen) atoms. The molecule has 0 fully saturated rings. The molecular formula is C20H24N6O2. The fourth-order valence-electron chi connectivity index (χ4n) is 3.46. The SMILES string of the molecule is O=C(CCCn1cnc2ccccc2c1=O)NCc1cc2n(n1)CCCNC2. The topological polar surface area (TPSA) is 93.8 Å². The summed E-state index contributed by atoms with van der Waals surface area (Å²) in [4.78, 5) is 28.9. The second kappa shape index (κ2) is 8.35. The van der Waals surface area contributed by atoms with Crippen LogP contribution in [0.3, 0.4) is 0 Å². The van der Waals surface area contributed by atoms with Crippen molar-refractivity contribution in [1.82, 2.24) is 30.0 Å². The number of nitrogens with one attached hydrogen (secondary N) is 2. The van der Waals surface area contributed by atoms with Crippen molar-refractivity contribution in [2.75, 3.05) is 6.54 Å². The Kier molecular flexibility index (Phi) is 5.48. The monoisotopic (exact) mass is 380 g/mol. The first-order valence-electron chi connectivity index (χ1n) is 9.68. The van der Waals surface area contributed by atoms with E-state index in [0.717, 1.165) is 37.4 Å². The van der Waals surface area contributed by atoms with Crippen LogP contribution in [0.5, 0.6) is 0 Å². The van der Waals surface area contributed by atoms with Crippen LogP contribution in [0.1, 0.15) is 30.7 Å². The van der Waals surface area contributed by atoms with Crippen molar-refractivity contribution in [3.63, 3.8) is 0 Å². The summed E-state index contributed by atoms with van der Waals surface area (Å²) in [6.45, 7) is 3.62. The zero-order valence-corrected chi connectivity index (χ0v) is 15.7. The molecule has 2 aromatic heterocycles. The van der Waals surface area contributed by atoms with Crippen LogP contribution < -0.4 is 16.2 Å². The first kappa shape index (κ1) is 18.4. The van der Waals surface area contributed by atoms with Crippen molar-refractivity contribution in [2.45, 2.75) is 45.4 Å². The van der Waals surface area contributed by atoms with E-state index in [1.54, 1.807) is 17.0 Å². The summed E-state index contributed by atoms with van der Waals surface area (Å²) in [5.74, 6) is -0.0388. The molecule has 1 aliphatic rings. The number of hydrogen-bond acceptors (Lipinski definition) is 5. The van der Waals surface area contributed by atoms with E-state index in [2.05, 4.69) is 20.7 Å². The molecule has 0 aliphatic carbocycles. The van der Waals surface area contributed by atoms with Gasteiger partial charge in [-0.15, -0.1) is 0 Å². The molecule has 0 atom stereocenters. The maximum atomic E-state index is 12.4. The Morgan fingerprint density at radius 1 is 1.29 bits per heavy atom. The van der Waals surface area contributed by atoms with Crippen LogP contribution in [0.15, 0.2) is 41.5 Å². The molecule has 3 heterocycles. The Bertz CT molecular complexity index is 1020. The van der Waals surface area contributed by atoms with Gasteiger partial charge in [0.2, 0.25) is 5.91 Å². The molecule has 3 aromatic rings. The van der Waals surface area contributed by atoms with Gasteiger partial charge in [-0.25, -0.2) is 4.98 Å². The number of amides is 1. The summed E-state index contributed by atoms with van der Waals surface area (Å²) in [5, 5.41) is 11.4. The number of carbonyl (C=O) groups excluding carboxylic acids is 1. The first-order valence-corrected chi connectivity index (χ1v) is 9.68. The van der Waals surface area contributed by atoms with Crippen molar-refractivity contribution < 1.29 is 4.79 Å². The maximum Gasteiger partial charge on any atom is 0.261 e. The van der Waals surface area contributed by atoms with Crippen molar-refractivity contribution in [3.8, 4) is 0 Å². The minimum Gasteiger partial charge on any atom is -0.350 e. The van der Waals surface area contributed by atoms with Gasteiger partial charge in [0.15, 0.2) is 0 Å². The standard InChI is InChI=1S/C20H24N6O2/c27-19(22-12-15-11-16-13-21-8-4-10-26(16)24-15)7-3-9-25-14-23-18-6-2-1-5-17(18)20(25)28/h1-2,5-6,11,14,21H,3-4,7-10,12-13H2,(H,22,27). The van der Waals surface area contributed by atoms with E-state index in [-0.39, 0.29) is 11.5 Å². The predicted molar refractivity (Wildman–Crippen MR) is 106 cm³/mol. The highest BCUT2D eigenvalue weighted by molar-refractivity contribution is 5.77. The van der Waals surface area contributed by atoms with E-state index in [9.17, 15) is 9.59 Å². The lowest BCUT2D eigenvalue weighted by Crippen LogP contribution is -2.25. The Hall–Kier alpha value is -3.00. The molecular weight excluding hydrogens is 356 g/mol. The summed E-state index contributed by atoms with van der Waals surface area (Å²) in [7, 11) is 0. The number of fused-ring (bicyclic) bond motifs is 2. The Morgan fingerprint density at radius 3 is 3.11 bits per heavy atom. The van der Waals surface area contributed by atoms with Crippen LogP contribution in [0, 0.1) is 0 Å². The summed E-state index contributed by atoms with van der Waals surface area (Å²) < 4.78 is 3.58. The van der Waals surface area contributed by atoms with Gasteiger partial charge in [0, 0.05) is 26.1 Å². The summed E-state index contributed by atoms with van der Waals surface area (Å²) in [6, 6.07) is 9.32. The van der Waals surface area contributed by atoms with Crippen LogP contribution in [0.2, 0.25) is 0 Å². The molecule has 146 valence electrons. The molecule has 0 saturated heterocycles. The molecule has 0 saturated carbocycles. The van der Waals surface area contributed by atoms with Crippen LogP contribution in [-0.4, -0.2) is 31.8 Å². The zero-order chi connectivity index (χ0) is 19.3. The number of benzene rings is 1. The highest BCUT2D eigenvalue weighted by Crippen LogP contribution is 2.09. The average molecular weight is 380 g/mol. The van der Waals surface area contributed by atoms with Gasteiger partial charge in [-0.3, -0.25) is 18.8 Å². The molecule has 1 aliphatic heterocycles. The van der Waals surface area contributed by atoms with Gasteiger partial charge in [-0.2, -0.15) is 5.10 Å². The van der Waals surface area contributed by atoms with E-state index < -0.39 is 0 Å². The van der Waals surface area contributed by atoms with E-state index in [0.29, 0.717) is 36.8 Å². The molecule has 1 amide bonds. The highest BCUT2D eigenvalue weighted by atomic mass is 16.1. The second-order valence-electron chi connectivity index (χ2n) is 7.02. The lowest BCUT2D eigenvalue weighted by Gasteiger charge is -2.07. The first-order chi connectivity index (χ1) is 13.7. The molecule has 0 unspecified atom stereocenters. The fourth-order valence-corrected chi connectivity index (χ4v) is 3.46. The number of aromatic nitrogens is 4. The molecule has 8 nitrogen and oxygen atoms in total. The summed E-state index contributed by atoms with van der Waals surface area (Å²) in [5.41, 5.74) is 2.65. The lowest BCUT2D eigenvalue weighted by atomic mass is 10.2. The van der Waals surface area contributed by atoms with Crippen molar-refractivity contribution >= 4 is 16.8 Å². The summed E-state index contributed by atoms with van der Waals surface area (Å²) in [6.07, 6.45) is 3.54.